The zero-order valence-corrected chi connectivity index (χ0v) is 17.7. The van der Waals surface area contributed by atoms with Crippen molar-refractivity contribution in [2.45, 2.75) is 14.9 Å². The van der Waals surface area contributed by atoms with E-state index in [1.165, 1.54) is 35.5 Å². The molecule has 31 heavy (non-hydrogen) atoms. The lowest BCUT2D eigenvalue weighted by atomic mass is 10.1. The third-order valence-corrected chi connectivity index (χ3v) is 7.35. The summed E-state index contributed by atoms with van der Waals surface area (Å²) in [6.45, 7) is 0. The fourth-order valence-corrected chi connectivity index (χ4v) is 5.58. The summed E-state index contributed by atoms with van der Waals surface area (Å²) in [4.78, 5) is 18.4. The maximum atomic E-state index is 13.2. The molecule has 0 fully saturated rings. The quantitative estimate of drug-likeness (QED) is 0.396. The third-order valence-electron chi connectivity index (χ3n) is 4.98. The molecule has 0 bridgehead atoms. The number of aromatic nitrogens is 3. The van der Waals surface area contributed by atoms with Crippen molar-refractivity contribution in [1.29, 1.82) is 0 Å². The minimum atomic E-state index is -3.98. The van der Waals surface area contributed by atoms with E-state index in [1.807, 2.05) is 0 Å². The zero-order chi connectivity index (χ0) is 21.8. The number of sulfonamides is 1. The number of hydrogen-bond donors (Lipinski definition) is 3. The van der Waals surface area contributed by atoms with Crippen LogP contribution in [0.4, 0.5) is 11.4 Å². The molecule has 0 spiro atoms. The summed E-state index contributed by atoms with van der Waals surface area (Å²) in [5.74, 6) is -0.188. The van der Waals surface area contributed by atoms with Crippen LogP contribution in [-0.2, 0) is 10.0 Å². The van der Waals surface area contributed by atoms with Crippen molar-refractivity contribution in [3.63, 3.8) is 0 Å². The maximum Gasteiger partial charge on any atom is 0.262 e. The number of aromatic amines is 1. The van der Waals surface area contributed by atoms with Gasteiger partial charge in [0.05, 0.1) is 21.2 Å². The smallest absolute Gasteiger partial charge is 0.262 e. The number of phenols is 1. The Morgan fingerprint density at radius 2 is 2.00 bits per heavy atom. The first-order valence-electron chi connectivity index (χ1n) is 9.08. The lowest BCUT2D eigenvalue weighted by molar-refractivity contribution is 0.0999. The van der Waals surface area contributed by atoms with Crippen molar-refractivity contribution >= 4 is 49.8 Å². The van der Waals surface area contributed by atoms with E-state index < -0.39 is 10.0 Å². The third kappa shape index (κ3) is 3.18. The predicted octanol–water partition coefficient (Wildman–Crippen LogP) is 3.21. The Labute approximate surface area is 181 Å². The number of rotatable bonds is 5. The van der Waals surface area contributed by atoms with Gasteiger partial charge in [0.1, 0.15) is 12.1 Å². The fourth-order valence-electron chi connectivity index (χ4n) is 3.56. The van der Waals surface area contributed by atoms with Crippen LogP contribution in [-0.4, -0.2) is 41.7 Å². The number of H-pyrrole nitrogens is 1. The highest BCUT2D eigenvalue weighted by Gasteiger charge is 2.30. The van der Waals surface area contributed by atoms with E-state index in [0.717, 1.165) is 11.8 Å². The molecule has 0 unspecified atom stereocenters. The fraction of sp³-hybridized carbons (Fsp3) is 0.0500. The minimum Gasteiger partial charge on any atom is -0.507 e. The van der Waals surface area contributed by atoms with Crippen LogP contribution in [0.3, 0.4) is 0 Å². The molecule has 1 aromatic heterocycles. The first kappa shape index (κ1) is 19.4. The largest absolute Gasteiger partial charge is 0.507 e. The van der Waals surface area contributed by atoms with Crippen LogP contribution in [0, 0.1) is 0 Å². The van der Waals surface area contributed by atoms with Crippen LogP contribution in [0.15, 0.2) is 69.8 Å². The van der Waals surface area contributed by atoms with E-state index in [0.29, 0.717) is 32.1 Å². The number of anilines is 2. The van der Waals surface area contributed by atoms with Crippen molar-refractivity contribution in [3.8, 4) is 5.75 Å². The van der Waals surface area contributed by atoms with Gasteiger partial charge in [-0.25, -0.2) is 13.4 Å². The molecule has 3 aromatic carbocycles. The molecule has 0 aliphatic carbocycles. The molecule has 0 radical (unpaired) electrons. The van der Waals surface area contributed by atoms with Gasteiger partial charge in [-0.05, 0) is 48.2 Å². The molecule has 3 N–H and O–H groups in total. The Morgan fingerprint density at radius 1 is 1.16 bits per heavy atom. The molecule has 2 heterocycles. The normalized spacial score (nSPS) is 13.2. The van der Waals surface area contributed by atoms with E-state index in [4.69, 9.17) is 0 Å². The number of aromatic hydroxyl groups is 1. The second-order valence-corrected chi connectivity index (χ2v) is 9.54. The highest BCUT2D eigenvalue weighted by molar-refractivity contribution is 7.99. The topological polar surface area (TPSA) is 128 Å². The number of carbonyl (C=O) groups is 1. The summed E-state index contributed by atoms with van der Waals surface area (Å²) in [5.41, 5.74) is 1.42. The molecule has 1 amide bonds. The molecule has 11 heteroatoms. The van der Waals surface area contributed by atoms with E-state index in [1.54, 1.807) is 31.3 Å². The van der Waals surface area contributed by atoms with E-state index in [-0.39, 0.29) is 22.2 Å². The van der Waals surface area contributed by atoms with E-state index in [9.17, 15) is 18.3 Å². The van der Waals surface area contributed by atoms with Crippen LogP contribution in [0.5, 0.6) is 5.75 Å². The van der Waals surface area contributed by atoms with Crippen LogP contribution in [0.1, 0.15) is 10.4 Å². The standard InChI is InChI=1S/C20H15N5O4S2/c1-25-14-6-8-17(12-3-2-4-13(18(12)14)19(25)27)31(28,29)24-11-5-7-15(26)16(9-11)30-20-21-10-22-23-20/h2-10,24,26H,1H3,(H,21,22,23). The summed E-state index contributed by atoms with van der Waals surface area (Å²) in [5, 5.41) is 18.1. The number of nitrogens with zero attached hydrogens (tertiary/aromatic N) is 3. The van der Waals surface area contributed by atoms with Gasteiger partial charge in [0.25, 0.3) is 15.9 Å². The summed E-state index contributed by atoms with van der Waals surface area (Å²) >= 11 is 1.12. The molecule has 0 saturated carbocycles. The molecule has 9 nitrogen and oxygen atoms in total. The van der Waals surface area contributed by atoms with E-state index >= 15 is 0 Å². The second kappa shape index (κ2) is 7.00. The number of carbonyl (C=O) groups excluding carboxylic acids is 1. The number of amides is 1. The van der Waals surface area contributed by atoms with E-state index in [2.05, 4.69) is 19.9 Å². The predicted molar refractivity (Wildman–Crippen MR) is 116 cm³/mol. The molecule has 1 aliphatic rings. The molecule has 0 saturated heterocycles. The van der Waals surface area contributed by atoms with Crippen molar-refractivity contribution < 1.29 is 18.3 Å². The van der Waals surface area contributed by atoms with Gasteiger partial charge in [-0.3, -0.25) is 14.6 Å². The van der Waals surface area contributed by atoms with Crippen molar-refractivity contribution in [1.82, 2.24) is 15.2 Å². The molecule has 156 valence electrons. The van der Waals surface area contributed by atoms with Crippen LogP contribution >= 0.6 is 11.8 Å². The van der Waals surface area contributed by atoms with Crippen LogP contribution < -0.4 is 9.62 Å². The summed E-state index contributed by atoms with van der Waals surface area (Å²) in [6.07, 6.45) is 1.34. The van der Waals surface area contributed by atoms with Gasteiger partial charge in [0.15, 0.2) is 5.16 Å². The van der Waals surface area contributed by atoms with Gasteiger partial charge in [0, 0.05) is 23.4 Å². The molecule has 0 atom stereocenters. The first-order valence-corrected chi connectivity index (χ1v) is 11.4. The highest BCUT2D eigenvalue weighted by atomic mass is 32.2. The Hall–Kier alpha value is -3.57. The number of hydrogen-bond acceptors (Lipinski definition) is 7. The van der Waals surface area contributed by atoms with Crippen molar-refractivity contribution in [2.24, 2.45) is 0 Å². The molecule has 4 aromatic rings. The number of phenolic OH excluding ortho intramolecular Hbond substituents is 1. The molecular weight excluding hydrogens is 438 g/mol. The first-order chi connectivity index (χ1) is 14.8. The Balaban J connectivity index is 1.54. The van der Waals surface area contributed by atoms with Gasteiger partial charge in [-0.1, -0.05) is 12.1 Å². The Morgan fingerprint density at radius 3 is 2.77 bits per heavy atom. The lowest BCUT2D eigenvalue weighted by Crippen LogP contribution is -2.20. The van der Waals surface area contributed by atoms with Crippen molar-refractivity contribution in [3.05, 3.63) is 60.4 Å². The molecule has 5 rings (SSSR count). The Bertz CT molecular complexity index is 1450. The monoisotopic (exact) mass is 453 g/mol. The maximum absolute atomic E-state index is 13.2. The Kier molecular flexibility index (Phi) is 4.38. The van der Waals surface area contributed by atoms with Crippen molar-refractivity contribution in [2.75, 3.05) is 16.7 Å². The van der Waals surface area contributed by atoms with Gasteiger partial charge in [-0.2, -0.15) is 5.10 Å². The number of nitrogens with one attached hydrogen (secondary N) is 2. The van der Waals surface area contributed by atoms with Gasteiger partial charge >= 0.3 is 0 Å². The average molecular weight is 454 g/mol. The van der Waals surface area contributed by atoms with Gasteiger partial charge in [-0.15, -0.1) is 0 Å². The van der Waals surface area contributed by atoms with Crippen LogP contribution in [0.25, 0.3) is 10.8 Å². The number of benzene rings is 3. The second-order valence-electron chi connectivity index (χ2n) is 6.86. The summed E-state index contributed by atoms with van der Waals surface area (Å²) < 4.78 is 29.0. The summed E-state index contributed by atoms with van der Waals surface area (Å²) in [7, 11) is -2.32. The average Bonchev–Trinajstić information content (AvgIpc) is 3.34. The van der Waals surface area contributed by atoms with Crippen LogP contribution in [0.2, 0.25) is 0 Å². The summed E-state index contributed by atoms with van der Waals surface area (Å²) in [6, 6.07) is 12.5. The highest BCUT2D eigenvalue weighted by Crippen LogP contribution is 2.40. The zero-order valence-electron chi connectivity index (χ0n) is 16.0. The van der Waals surface area contributed by atoms with Gasteiger partial charge in [0.2, 0.25) is 0 Å². The minimum absolute atomic E-state index is 0.0174. The molecular formula is C20H15N5O4S2. The molecule has 1 aliphatic heterocycles. The SMILES string of the molecule is CN1C(=O)c2cccc3c(S(=O)(=O)Nc4ccc(O)c(Sc5ncn[nH]5)c4)ccc1c23. The lowest BCUT2D eigenvalue weighted by Gasteiger charge is -2.14. The van der Waals surface area contributed by atoms with Gasteiger partial charge < -0.3 is 10.0 Å².